The van der Waals surface area contributed by atoms with Crippen LogP contribution in [0.25, 0.3) is 0 Å². The Morgan fingerprint density at radius 2 is 1.61 bits per heavy atom. The first-order valence-corrected chi connectivity index (χ1v) is 10.2. The number of amides is 1. The molecule has 33 heavy (non-hydrogen) atoms. The standard InChI is InChI=1S/C24H25N3O6/c1-4-32-18-9-7-16(8-10-18)27-23-21(6-5-11-25-23)24(29)33-15-22(28)26-17-12-19(30-2)14-20(13-17)31-3/h5-14H,4,15H2,1-3H3,(H,25,27)(H,26,28). The number of carbonyl (C=O) groups is 2. The smallest absolute Gasteiger partial charge is 0.342 e. The zero-order valence-electron chi connectivity index (χ0n) is 18.6. The van der Waals surface area contributed by atoms with Gasteiger partial charge in [-0.3, -0.25) is 4.79 Å². The summed E-state index contributed by atoms with van der Waals surface area (Å²) in [5, 5.41) is 5.73. The lowest BCUT2D eigenvalue weighted by Gasteiger charge is -2.12. The monoisotopic (exact) mass is 451 g/mol. The van der Waals surface area contributed by atoms with E-state index in [0.29, 0.717) is 29.6 Å². The van der Waals surface area contributed by atoms with Gasteiger partial charge in [-0.2, -0.15) is 0 Å². The molecule has 3 rings (SSSR count). The van der Waals surface area contributed by atoms with Crippen LogP contribution in [0.3, 0.4) is 0 Å². The summed E-state index contributed by atoms with van der Waals surface area (Å²) in [5.41, 5.74) is 1.37. The molecule has 0 spiro atoms. The molecule has 2 aromatic carbocycles. The summed E-state index contributed by atoms with van der Waals surface area (Å²) in [6.45, 7) is 2.00. The van der Waals surface area contributed by atoms with Crippen LogP contribution in [0.4, 0.5) is 17.2 Å². The van der Waals surface area contributed by atoms with Crippen molar-refractivity contribution in [3.8, 4) is 17.2 Å². The maximum absolute atomic E-state index is 12.6. The predicted molar refractivity (Wildman–Crippen MR) is 124 cm³/mol. The molecular weight excluding hydrogens is 426 g/mol. The lowest BCUT2D eigenvalue weighted by molar-refractivity contribution is -0.119. The Morgan fingerprint density at radius 1 is 0.909 bits per heavy atom. The molecule has 0 saturated heterocycles. The van der Waals surface area contributed by atoms with Crippen LogP contribution < -0.4 is 24.8 Å². The van der Waals surface area contributed by atoms with Crippen molar-refractivity contribution >= 4 is 29.1 Å². The van der Waals surface area contributed by atoms with Crippen LogP contribution in [-0.2, 0) is 9.53 Å². The zero-order chi connectivity index (χ0) is 23.6. The second-order valence-corrected chi connectivity index (χ2v) is 6.71. The van der Waals surface area contributed by atoms with Crippen LogP contribution in [0.15, 0.2) is 60.8 Å². The fraction of sp³-hybridized carbons (Fsp3) is 0.208. The molecule has 0 aliphatic rings. The first-order valence-electron chi connectivity index (χ1n) is 10.2. The van der Waals surface area contributed by atoms with Gasteiger partial charge in [0.05, 0.1) is 20.8 Å². The third kappa shape index (κ3) is 6.60. The van der Waals surface area contributed by atoms with Crippen LogP contribution in [0, 0.1) is 0 Å². The van der Waals surface area contributed by atoms with E-state index in [4.69, 9.17) is 18.9 Å². The van der Waals surface area contributed by atoms with Gasteiger partial charge in [0.1, 0.15) is 28.6 Å². The molecule has 0 aliphatic heterocycles. The summed E-state index contributed by atoms with van der Waals surface area (Å²) >= 11 is 0. The molecule has 3 aromatic rings. The summed E-state index contributed by atoms with van der Waals surface area (Å²) in [6.07, 6.45) is 1.55. The molecule has 0 atom stereocenters. The first-order chi connectivity index (χ1) is 16.0. The Labute approximate surface area is 191 Å². The van der Waals surface area contributed by atoms with Gasteiger partial charge in [0.25, 0.3) is 5.91 Å². The quantitative estimate of drug-likeness (QED) is 0.445. The topological polar surface area (TPSA) is 108 Å². The molecule has 9 nitrogen and oxygen atoms in total. The molecule has 1 amide bonds. The third-order valence-corrected chi connectivity index (χ3v) is 4.43. The summed E-state index contributed by atoms with van der Waals surface area (Å²) in [5.74, 6) is 0.885. The molecule has 0 aliphatic carbocycles. The number of aromatic nitrogens is 1. The van der Waals surface area contributed by atoms with Crippen molar-refractivity contribution in [2.24, 2.45) is 0 Å². The van der Waals surface area contributed by atoms with Crippen molar-refractivity contribution in [2.45, 2.75) is 6.92 Å². The Bertz CT molecular complexity index is 1080. The van der Waals surface area contributed by atoms with E-state index in [1.165, 1.54) is 14.2 Å². The van der Waals surface area contributed by atoms with Crippen molar-refractivity contribution in [2.75, 3.05) is 38.1 Å². The highest BCUT2D eigenvalue weighted by atomic mass is 16.5. The highest BCUT2D eigenvalue weighted by Gasteiger charge is 2.16. The Hall–Kier alpha value is -4.27. The van der Waals surface area contributed by atoms with E-state index in [1.54, 1.807) is 36.5 Å². The van der Waals surface area contributed by atoms with Crippen molar-refractivity contribution in [1.82, 2.24) is 4.98 Å². The van der Waals surface area contributed by atoms with Gasteiger partial charge in [0.2, 0.25) is 0 Å². The second kappa shape index (κ2) is 11.4. The van der Waals surface area contributed by atoms with E-state index in [9.17, 15) is 9.59 Å². The maximum Gasteiger partial charge on any atom is 0.342 e. The SMILES string of the molecule is CCOc1ccc(Nc2ncccc2C(=O)OCC(=O)Nc2cc(OC)cc(OC)c2)cc1. The van der Waals surface area contributed by atoms with Crippen molar-refractivity contribution < 1.29 is 28.5 Å². The summed E-state index contributed by atoms with van der Waals surface area (Å²) in [4.78, 5) is 29.1. The lowest BCUT2D eigenvalue weighted by Crippen LogP contribution is -2.21. The van der Waals surface area contributed by atoms with Gasteiger partial charge in [-0.25, -0.2) is 9.78 Å². The van der Waals surface area contributed by atoms with Crippen LogP contribution >= 0.6 is 0 Å². The number of nitrogens with one attached hydrogen (secondary N) is 2. The number of hydrogen-bond donors (Lipinski definition) is 2. The molecule has 1 aromatic heterocycles. The summed E-state index contributed by atoms with van der Waals surface area (Å²) < 4.78 is 21.0. The number of esters is 1. The number of pyridine rings is 1. The van der Waals surface area contributed by atoms with Crippen LogP contribution in [0.2, 0.25) is 0 Å². The molecule has 9 heteroatoms. The minimum atomic E-state index is -0.685. The van der Waals surface area contributed by atoms with Crippen molar-refractivity contribution in [3.63, 3.8) is 0 Å². The summed E-state index contributed by atoms with van der Waals surface area (Å²) in [6, 6.07) is 15.4. The summed E-state index contributed by atoms with van der Waals surface area (Å²) in [7, 11) is 3.02. The van der Waals surface area contributed by atoms with E-state index < -0.39 is 18.5 Å². The number of nitrogens with zero attached hydrogens (tertiary/aromatic N) is 1. The van der Waals surface area contributed by atoms with Gasteiger partial charge >= 0.3 is 5.97 Å². The number of anilines is 3. The Balaban J connectivity index is 1.62. The molecular formula is C24H25N3O6. The largest absolute Gasteiger partial charge is 0.497 e. The second-order valence-electron chi connectivity index (χ2n) is 6.71. The fourth-order valence-corrected chi connectivity index (χ4v) is 2.89. The lowest BCUT2D eigenvalue weighted by atomic mass is 10.2. The van der Waals surface area contributed by atoms with Crippen LogP contribution in [-0.4, -0.2) is 44.3 Å². The van der Waals surface area contributed by atoms with Gasteiger partial charge in [0, 0.05) is 35.8 Å². The minimum Gasteiger partial charge on any atom is -0.497 e. The molecule has 0 radical (unpaired) electrons. The number of methoxy groups -OCH3 is 2. The number of ether oxygens (including phenoxy) is 4. The van der Waals surface area contributed by atoms with Gasteiger partial charge in [-0.15, -0.1) is 0 Å². The predicted octanol–water partition coefficient (Wildman–Crippen LogP) is 4.04. The van der Waals surface area contributed by atoms with Gasteiger partial charge in [0.15, 0.2) is 6.61 Å². The molecule has 0 saturated carbocycles. The number of hydrogen-bond acceptors (Lipinski definition) is 8. The van der Waals surface area contributed by atoms with E-state index in [1.807, 2.05) is 31.2 Å². The molecule has 1 heterocycles. The normalized spacial score (nSPS) is 10.2. The third-order valence-electron chi connectivity index (χ3n) is 4.43. The first kappa shape index (κ1) is 23.4. The van der Waals surface area contributed by atoms with E-state index >= 15 is 0 Å². The highest BCUT2D eigenvalue weighted by molar-refractivity contribution is 5.98. The highest BCUT2D eigenvalue weighted by Crippen LogP contribution is 2.26. The molecule has 0 fully saturated rings. The van der Waals surface area contributed by atoms with Crippen molar-refractivity contribution in [3.05, 3.63) is 66.4 Å². The number of rotatable bonds is 10. The molecule has 0 unspecified atom stereocenters. The van der Waals surface area contributed by atoms with Crippen molar-refractivity contribution in [1.29, 1.82) is 0 Å². The van der Waals surface area contributed by atoms with Crippen LogP contribution in [0.5, 0.6) is 17.2 Å². The number of carbonyl (C=O) groups excluding carboxylic acids is 2. The van der Waals surface area contributed by atoms with Gasteiger partial charge < -0.3 is 29.6 Å². The zero-order valence-corrected chi connectivity index (χ0v) is 18.6. The molecule has 172 valence electrons. The average Bonchev–Trinajstić information content (AvgIpc) is 2.84. The molecule has 0 bridgehead atoms. The van der Waals surface area contributed by atoms with E-state index in [-0.39, 0.29) is 5.56 Å². The molecule has 2 N–H and O–H groups in total. The van der Waals surface area contributed by atoms with Crippen LogP contribution in [0.1, 0.15) is 17.3 Å². The Morgan fingerprint density at radius 3 is 2.24 bits per heavy atom. The van der Waals surface area contributed by atoms with E-state index in [0.717, 1.165) is 11.4 Å². The maximum atomic E-state index is 12.6. The fourth-order valence-electron chi connectivity index (χ4n) is 2.89. The van der Waals surface area contributed by atoms with Gasteiger partial charge in [-0.1, -0.05) is 0 Å². The Kier molecular flexibility index (Phi) is 8.07. The minimum absolute atomic E-state index is 0.197. The average molecular weight is 451 g/mol. The van der Waals surface area contributed by atoms with E-state index in [2.05, 4.69) is 15.6 Å². The van der Waals surface area contributed by atoms with Gasteiger partial charge in [-0.05, 0) is 43.3 Å². The number of benzene rings is 2.